The monoisotopic (exact) mass is 434 g/mol. The molecule has 2 aromatic carbocycles. The van der Waals surface area contributed by atoms with Crippen LogP contribution >= 0.6 is 0 Å². The molecule has 30 heavy (non-hydrogen) atoms. The summed E-state index contributed by atoms with van der Waals surface area (Å²) in [6, 6.07) is 6.17. The molecule has 0 fully saturated rings. The van der Waals surface area contributed by atoms with Crippen molar-refractivity contribution < 1.29 is 41.0 Å². The molecule has 0 saturated carbocycles. The van der Waals surface area contributed by atoms with E-state index in [1.807, 2.05) is 0 Å². The first-order valence-corrected chi connectivity index (χ1v) is 8.53. The third-order valence-corrected chi connectivity index (χ3v) is 3.88. The molecule has 2 amide bonds. The minimum atomic E-state index is -5.05. The summed E-state index contributed by atoms with van der Waals surface area (Å²) in [7, 11) is 0. The maximum absolute atomic E-state index is 12.8. The maximum Gasteiger partial charge on any atom is 0.416 e. The second kappa shape index (κ2) is 9.06. The second-order valence-electron chi connectivity index (χ2n) is 6.21. The molecule has 0 aromatic heterocycles. The lowest BCUT2D eigenvalue weighted by Crippen LogP contribution is -2.30. The van der Waals surface area contributed by atoms with Crippen LogP contribution in [0.5, 0.6) is 5.75 Å². The molecule has 0 spiro atoms. The van der Waals surface area contributed by atoms with Crippen molar-refractivity contribution in [3.8, 4) is 5.75 Å². The minimum absolute atomic E-state index is 0.0618. The first kappa shape index (κ1) is 23.0. The molecule has 0 aliphatic carbocycles. The fraction of sp³-hybridized carbons (Fsp3) is 0.263. The summed E-state index contributed by atoms with van der Waals surface area (Å²) in [5, 5.41) is 14.0. The van der Waals surface area contributed by atoms with Crippen LogP contribution in [0.4, 0.5) is 26.3 Å². The summed E-state index contributed by atoms with van der Waals surface area (Å²) in [5.41, 5.74) is -3.75. The van der Waals surface area contributed by atoms with Crippen LogP contribution in [0.2, 0.25) is 0 Å². The number of nitrogens with one attached hydrogen (secondary N) is 2. The topological polar surface area (TPSA) is 78.4 Å². The van der Waals surface area contributed by atoms with Gasteiger partial charge in [-0.2, -0.15) is 26.3 Å². The molecule has 0 bridgehead atoms. The number of halogens is 6. The van der Waals surface area contributed by atoms with E-state index in [1.54, 1.807) is 0 Å². The smallest absolute Gasteiger partial charge is 0.416 e. The summed E-state index contributed by atoms with van der Waals surface area (Å²) in [6.45, 7) is -0.0259. The van der Waals surface area contributed by atoms with Crippen LogP contribution in [-0.4, -0.2) is 30.0 Å². The van der Waals surface area contributed by atoms with Crippen LogP contribution in [0.25, 0.3) is 0 Å². The highest BCUT2D eigenvalue weighted by molar-refractivity contribution is 5.95. The van der Waals surface area contributed by atoms with E-state index < -0.39 is 40.9 Å². The predicted octanol–water partition coefficient (Wildman–Crippen LogP) is 3.98. The average molecular weight is 434 g/mol. The molecule has 2 rings (SSSR count). The Morgan fingerprint density at radius 2 is 1.27 bits per heavy atom. The van der Waals surface area contributed by atoms with Gasteiger partial charge in [0.1, 0.15) is 5.75 Å². The number of phenolic OH excluding ortho intramolecular Hbond substituents is 1. The molecule has 0 aliphatic rings. The number of amides is 2. The van der Waals surface area contributed by atoms with Crippen molar-refractivity contribution in [2.45, 2.75) is 18.8 Å². The lowest BCUT2D eigenvalue weighted by molar-refractivity contribution is -0.143. The number of carbonyl (C=O) groups excluding carboxylic acids is 2. The van der Waals surface area contributed by atoms with Gasteiger partial charge in [-0.05, 0) is 42.8 Å². The highest BCUT2D eigenvalue weighted by atomic mass is 19.4. The number of hydrogen-bond acceptors (Lipinski definition) is 3. The van der Waals surface area contributed by atoms with Crippen LogP contribution in [-0.2, 0) is 12.4 Å². The highest BCUT2D eigenvalue weighted by Gasteiger charge is 2.37. The molecule has 0 radical (unpaired) electrons. The molecule has 2 aromatic rings. The fourth-order valence-electron chi connectivity index (χ4n) is 2.43. The van der Waals surface area contributed by atoms with Crippen LogP contribution < -0.4 is 10.6 Å². The Labute approximate surface area is 166 Å². The third-order valence-electron chi connectivity index (χ3n) is 3.88. The van der Waals surface area contributed by atoms with E-state index in [2.05, 4.69) is 10.6 Å². The molecule has 0 atom stereocenters. The molecule has 11 heteroatoms. The quantitative estimate of drug-likeness (QED) is 0.476. The van der Waals surface area contributed by atoms with Gasteiger partial charge in [-0.15, -0.1) is 0 Å². The van der Waals surface area contributed by atoms with E-state index in [9.17, 15) is 41.0 Å². The van der Waals surface area contributed by atoms with E-state index in [-0.39, 0.29) is 36.9 Å². The molecular formula is C19H16F6N2O3. The molecule has 5 nitrogen and oxygen atoms in total. The van der Waals surface area contributed by atoms with Gasteiger partial charge >= 0.3 is 12.4 Å². The zero-order chi connectivity index (χ0) is 22.5. The molecule has 0 heterocycles. The fourth-order valence-corrected chi connectivity index (χ4v) is 2.43. The SMILES string of the molecule is O=C(NCCCNC(=O)c1cc(C(F)(F)F)cc(C(F)(F)F)c1)c1cccc(O)c1. The number of aromatic hydroxyl groups is 1. The van der Waals surface area contributed by atoms with E-state index in [0.29, 0.717) is 12.1 Å². The first-order chi connectivity index (χ1) is 13.9. The average Bonchev–Trinajstić information content (AvgIpc) is 2.65. The lowest BCUT2D eigenvalue weighted by Gasteiger charge is -2.14. The van der Waals surface area contributed by atoms with Gasteiger partial charge in [0.2, 0.25) is 0 Å². The standard InChI is InChI=1S/C19H16F6N2O3/c20-18(21,22)13-7-12(8-14(10-13)19(23,24)25)17(30)27-6-2-5-26-16(29)11-3-1-4-15(28)9-11/h1,3-4,7-10,28H,2,5-6H2,(H,26,29)(H,27,30). The van der Waals surface area contributed by atoms with Gasteiger partial charge < -0.3 is 15.7 Å². The Morgan fingerprint density at radius 3 is 1.73 bits per heavy atom. The van der Waals surface area contributed by atoms with Crippen LogP contribution in [0.15, 0.2) is 42.5 Å². The molecule has 3 N–H and O–H groups in total. The van der Waals surface area contributed by atoms with E-state index >= 15 is 0 Å². The Bertz CT molecular complexity index is 893. The zero-order valence-electron chi connectivity index (χ0n) is 15.2. The van der Waals surface area contributed by atoms with Gasteiger partial charge in [0, 0.05) is 24.2 Å². The van der Waals surface area contributed by atoms with Crippen molar-refractivity contribution in [3.63, 3.8) is 0 Å². The van der Waals surface area contributed by atoms with Gasteiger partial charge in [-0.3, -0.25) is 9.59 Å². The Kier molecular flexibility index (Phi) is 6.96. The van der Waals surface area contributed by atoms with Crippen molar-refractivity contribution in [3.05, 3.63) is 64.7 Å². The van der Waals surface area contributed by atoms with Gasteiger partial charge in [0.05, 0.1) is 11.1 Å². The number of hydrogen-bond donors (Lipinski definition) is 3. The van der Waals surface area contributed by atoms with Gasteiger partial charge in [0.25, 0.3) is 11.8 Å². The summed E-state index contributed by atoms with van der Waals surface area (Å²) in [4.78, 5) is 23.9. The normalized spacial score (nSPS) is 11.8. The number of alkyl halides is 6. The summed E-state index contributed by atoms with van der Waals surface area (Å²) < 4.78 is 77.0. The first-order valence-electron chi connectivity index (χ1n) is 8.53. The Morgan fingerprint density at radius 1 is 0.767 bits per heavy atom. The van der Waals surface area contributed by atoms with E-state index in [4.69, 9.17) is 0 Å². The largest absolute Gasteiger partial charge is 0.508 e. The summed E-state index contributed by atoms with van der Waals surface area (Å²) in [5.74, 6) is -1.70. The molecule has 0 saturated heterocycles. The number of carbonyl (C=O) groups is 2. The summed E-state index contributed by atoms with van der Waals surface area (Å²) in [6.07, 6.45) is -9.93. The minimum Gasteiger partial charge on any atom is -0.508 e. The maximum atomic E-state index is 12.8. The van der Waals surface area contributed by atoms with Gasteiger partial charge in [-0.25, -0.2) is 0 Å². The van der Waals surface area contributed by atoms with Crippen LogP contribution in [0.1, 0.15) is 38.3 Å². The van der Waals surface area contributed by atoms with Crippen molar-refractivity contribution in [2.75, 3.05) is 13.1 Å². The van der Waals surface area contributed by atoms with Crippen LogP contribution in [0.3, 0.4) is 0 Å². The highest BCUT2D eigenvalue weighted by Crippen LogP contribution is 2.36. The molecule has 0 unspecified atom stereocenters. The third kappa shape index (κ3) is 6.39. The van der Waals surface area contributed by atoms with Crippen LogP contribution in [0, 0.1) is 0 Å². The predicted molar refractivity (Wildman–Crippen MR) is 93.8 cm³/mol. The summed E-state index contributed by atoms with van der Waals surface area (Å²) >= 11 is 0. The molecular weight excluding hydrogens is 418 g/mol. The van der Waals surface area contributed by atoms with Crippen molar-refractivity contribution in [1.29, 1.82) is 0 Å². The zero-order valence-corrected chi connectivity index (χ0v) is 15.2. The van der Waals surface area contributed by atoms with Crippen molar-refractivity contribution in [2.24, 2.45) is 0 Å². The Balaban J connectivity index is 1.94. The van der Waals surface area contributed by atoms with Crippen molar-refractivity contribution in [1.82, 2.24) is 10.6 Å². The number of benzene rings is 2. The van der Waals surface area contributed by atoms with E-state index in [1.165, 1.54) is 24.3 Å². The molecule has 0 aliphatic heterocycles. The van der Waals surface area contributed by atoms with E-state index in [0.717, 1.165) is 0 Å². The van der Waals surface area contributed by atoms with Crippen molar-refractivity contribution >= 4 is 11.8 Å². The number of rotatable bonds is 6. The Hall–Kier alpha value is -3.24. The second-order valence-corrected chi connectivity index (χ2v) is 6.21. The molecule has 162 valence electrons. The van der Waals surface area contributed by atoms with Gasteiger partial charge in [0.15, 0.2) is 0 Å². The van der Waals surface area contributed by atoms with Gasteiger partial charge in [-0.1, -0.05) is 6.07 Å². The number of phenols is 1. The lowest BCUT2D eigenvalue weighted by atomic mass is 10.0.